The molecule has 0 aliphatic carbocycles. The second kappa shape index (κ2) is 9.67. The maximum Gasteiger partial charge on any atom is 0.249 e. The smallest absolute Gasteiger partial charge is 0.249 e. The number of hydrogen-bond acceptors (Lipinski definition) is 6. The monoisotopic (exact) mass is 401 g/mol. The van der Waals surface area contributed by atoms with E-state index in [0.717, 1.165) is 37.6 Å². The fourth-order valence-corrected chi connectivity index (χ4v) is 3.12. The normalized spacial score (nSPS) is 13.9. The molecule has 0 radical (unpaired) electrons. The number of carbonyl (C=O) groups is 1. The van der Waals surface area contributed by atoms with Gasteiger partial charge in [-0.15, -0.1) is 0 Å². The number of ether oxygens (including phenoxy) is 1. The van der Waals surface area contributed by atoms with Gasteiger partial charge in [-0.3, -0.25) is 4.79 Å². The third kappa shape index (κ3) is 5.42. The van der Waals surface area contributed by atoms with Crippen LogP contribution in [0.25, 0.3) is 6.08 Å². The highest BCUT2D eigenvalue weighted by molar-refractivity contribution is 6.01. The minimum absolute atomic E-state index is 0.252. The minimum Gasteiger partial charge on any atom is -0.378 e. The number of aromatic nitrogens is 2. The summed E-state index contributed by atoms with van der Waals surface area (Å²) in [5.41, 5.74) is 3.04. The van der Waals surface area contributed by atoms with Crippen molar-refractivity contribution in [3.05, 3.63) is 78.6 Å². The Kier molecular flexibility index (Phi) is 6.31. The number of nitrogens with one attached hydrogen (secondary N) is 2. The molecule has 2 heterocycles. The molecule has 0 spiro atoms. The SMILES string of the molecule is O=C(/C=C/c1ccccc1)Nc1cc(Nc2ccc(N3CCOCC3)cc2)ncn1. The van der Waals surface area contributed by atoms with Crippen LogP contribution in [0.5, 0.6) is 0 Å². The van der Waals surface area contributed by atoms with Gasteiger partial charge in [-0.1, -0.05) is 30.3 Å². The number of carbonyl (C=O) groups excluding carboxylic acids is 1. The fourth-order valence-electron chi connectivity index (χ4n) is 3.12. The molecule has 1 fully saturated rings. The molecular formula is C23H23N5O2. The van der Waals surface area contributed by atoms with Crippen molar-refractivity contribution in [1.82, 2.24) is 9.97 Å². The van der Waals surface area contributed by atoms with Crippen molar-refractivity contribution >= 4 is 35.0 Å². The summed E-state index contributed by atoms with van der Waals surface area (Å²) < 4.78 is 5.40. The number of hydrogen-bond donors (Lipinski definition) is 2. The Labute approximate surface area is 175 Å². The first-order valence-corrected chi connectivity index (χ1v) is 9.82. The Bertz CT molecular complexity index is 1000. The van der Waals surface area contributed by atoms with Crippen molar-refractivity contribution in [3.63, 3.8) is 0 Å². The molecule has 0 unspecified atom stereocenters. The molecule has 1 aliphatic heterocycles. The zero-order valence-corrected chi connectivity index (χ0v) is 16.5. The van der Waals surface area contributed by atoms with Gasteiger partial charge in [0.15, 0.2) is 0 Å². The molecule has 3 aromatic rings. The lowest BCUT2D eigenvalue weighted by atomic mass is 10.2. The fraction of sp³-hybridized carbons (Fsp3) is 0.174. The van der Waals surface area contributed by atoms with E-state index < -0.39 is 0 Å². The molecule has 7 nitrogen and oxygen atoms in total. The summed E-state index contributed by atoms with van der Waals surface area (Å²) in [6.07, 6.45) is 4.65. The van der Waals surface area contributed by atoms with Crippen LogP contribution in [0, 0.1) is 0 Å². The quantitative estimate of drug-likeness (QED) is 0.613. The van der Waals surface area contributed by atoms with Gasteiger partial charge in [-0.05, 0) is 35.9 Å². The van der Waals surface area contributed by atoms with Gasteiger partial charge in [-0.25, -0.2) is 9.97 Å². The van der Waals surface area contributed by atoms with Crippen molar-refractivity contribution in [2.45, 2.75) is 0 Å². The predicted octanol–water partition coefficient (Wildman–Crippen LogP) is 3.71. The van der Waals surface area contributed by atoms with E-state index in [1.165, 1.54) is 18.1 Å². The molecule has 4 rings (SSSR count). The van der Waals surface area contributed by atoms with Crippen molar-refractivity contribution < 1.29 is 9.53 Å². The van der Waals surface area contributed by atoms with Crippen LogP contribution in [0.3, 0.4) is 0 Å². The lowest BCUT2D eigenvalue weighted by Gasteiger charge is -2.28. The topological polar surface area (TPSA) is 79.4 Å². The Morgan fingerprint density at radius 3 is 2.47 bits per heavy atom. The summed E-state index contributed by atoms with van der Waals surface area (Å²) >= 11 is 0. The standard InChI is InChI=1S/C23H23N5O2/c29-23(11-6-18-4-2-1-3-5-18)27-22-16-21(24-17-25-22)26-19-7-9-20(10-8-19)28-12-14-30-15-13-28/h1-11,16-17H,12-15H2,(H2,24,25,26,27,29)/b11-6+. The van der Waals surface area contributed by atoms with Crippen LogP contribution in [-0.4, -0.2) is 42.2 Å². The van der Waals surface area contributed by atoms with Crippen LogP contribution in [0.1, 0.15) is 5.56 Å². The Balaban J connectivity index is 1.36. The van der Waals surface area contributed by atoms with Crippen molar-refractivity contribution in [2.75, 3.05) is 41.8 Å². The van der Waals surface area contributed by atoms with Crippen LogP contribution in [0.2, 0.25) is 0 Å². The van der Waals surface area contributed by atoms with Gasteiger partial charge in [0.05, 0.1) is 13.2 Å². The first-order chi connectivity index (χ1) is 14.8. The molecular weight excluding hydrogens is 378 g/mol. The van der Waals surface area contributed by atoms with E-state index in [-0.39, 0.29) is 5.91 Å². The maximum absolute atomic E-state index is 12.2. The number of nitrogens with zero attached hydrogens (tertiary/aromatic N) is 3. The molecule has 2 aromatic carbocycles. The number of amides is 1. The molecule has 1 amide bonds. The zero-order chi connectivity index (χ0) is 20.6. The summed E-state index contributed by atoms with van der Waals surface area (Å²) in [6.45, 7) is 3.33. The largest absolute Gasteiger partial charge is 0.378 e. The first kappa shape index (κ1) is 19.6. The van der Waals surface area contributed by atoms with Crippen LogP contribution < -0.4 is 15.5 Å². The summed E-state index contributed by atoms with van der Waals surface area (Å²) in [7, 11) is 0. The van der Waals surface area contributed by atoms with E-state index in [9.17, 15) is 4.79 Å². The van der Waals surface area contributed by atoms with Crippen molar-refractivity contribution in [3.8, 4) is 0 Å². The maximum atomic E-state index is 12.2. The highest BCUT2D eigenvalue weighted by Gasteiger charge is 2.11. The number of benzene rings is 2. The number of rotatable bonds is 6. The van der Waals surface area contributed by atoms with Crippen LogP contribution >= 0.6 is 0 Å². The third-order valence-corrected chi connectivity index (χ3v) is 4.66. The highest BCUT2D eigenvalue weighted by Crippen LogP contribution is 2.21. The minimum atomic E-state index is -0.252. The third-order valence-electron chi connectivity index (χ3n) is 4.66. The molecule has 1 aromatic heterocycles. The molecule has 152 valence electrons. The van der Waals surface area contributed by atoms with Gasteiger partial charge in [0, 0.05) is 36.6 Å². The molecule has 0 saturated carbocycles. The second-order valence-electron chi connectivity index (χ2n) is 6.79. The highest BCUT2D eigenvalue weighted by atomic mass is 16.5. The van der Waals surface area contributed by atoms with E-state index in [1.54, 1.807) is 12.1 Å². The number of morpholine rings is 1. The summed E-state index contributed by atoms with van der Waals surface area (Å²) in [5.74, 6) is 0.782. The van der Waals surface area contributed by atoms with E-state index in [1.807, 2.05) is 42.5 Å². The molecule has 7 heteroatoms. The van der Waals surface area contributed by atoms with E-state index in [4.69, 9.17) is 4.74 Å². The van der Waals surface area contributed by atoms with Crippen molar-refractivity contribution in [2.24, 2.45) is 0 Å². The Hall–Kier alpha value is -3.71. The Morgan fingerprint density at radius 2 is 1.70 bits per heavy atom. The van der Waals surface area contributed by atoms with E-state index >= 15 is 0 Å². The van der Waals surface area contributed by atoms with Gasteiger partial charge in [0.1, 0.15) is 18.0 Å². The second-order valence-corrected chi connectivity index (χ2v) is 6.79. The van der Waals surface area contributed by atoms with E-state index in [2.05, 4.69) is 37.6 Å². The number of anilines is 4. The average Bonchev–Trinajstić information content (AvgIpc) is 2.80. The van der Waals surface area contributed by atoms with Crippen molar-refractivity contribution in [1.29, 1.82) is 0 Å². The van der Waals surface area contributed by atoms with Gasteiger partial charge in [0.2, 0.25) is 5.91 Å². The van der Waals surface area contributed by atoms with Gasteiger partial charge >= 0.3 is 0 Å². The van der Waals surface area contributed by atoms with Crippen LogP contribution in [0.15, 0.2) is 73.1 Å². The van der Waals surface area contributed by atoms with Gasteiger partial charge < -0.3 is 20.3 Å². The molecule has 30 heavy (non-hydrogen) atoms. The van der Waals surface area contributed by atoms with Crippen LogP contribution in [-0.2, 0) is 9.53 Å². The Morgan fingerprint density at radius 1 is 0.967 bits per heavy atom. The molecule has 0 bridgehead atoms. The summed E-state index contributed by atoms with van der Waals surface area (Å²) in [6, 6.07) is 19.5. The van der Waals surface area contributed by atoms with Gasteiger partial charge in [-0.2, -0.15) is 0 Å². The summed E-state index contributed by atoms with van der Waals surface area (Å²) in [4.78, 5) is 22.8. The van der Waals surface area contributed by atoms with E-state index in [0.29, 0.717) is 11.6 Å². The lowest BCUT2D eigenvalue weighted by molar-refractivity contribution is -0.111. The lowest BCUT2D eigenvalue weighted by Crippen LogP contribution is -2.36. The van der Waals surface area contributed by atoms with Crippen LogP contribution in [0.4, 0.5) is 23.0 Å². The van der Waals surface area contributed by atoms with Gasteiger partial charge in [0.25, 0.3) is 0 Å². The molecule has 1 aliphatic rings. The summed E-state index contributed by atoms with van der Waals surface area (Å²) in [5, 5.41) is 6.00. The molecule has 2 N–H and O–H groups in total. The molecule has 0 atom stereocenters. The zero-order valence-electron chi connectivity index (χ0n) is 16.5. The molecule has 1 saturated heterocycles. The average molecular weight is 401 g/mol. The first-order valence-electron chi connectivity index (χ1n) is 9.82. The predicted molar refractivity (Wildman–Crippen MR) is 119 cm³/mol.